The molecule has 9 nitrogen and oxygen atoms in total. The number of hydrogen-bond donors (Lipinski definition) is 1. The number of fused-ring (bicyclic) bond motifs is 1. The maximum absolute atomic E-state index is 12.5. The molecule has 0 aromatic carbocycles. The minimum atomic E-state index is -0.431. The van der Waals surface area contributed by atoms with Crippen LogP contribution in [0.15, 0.2) is 49.1 Å². The summed E-state index contributed by atoms with van der Waals surface area (Å²) in [5.41, 5.74) is 2.37. The van der Waals surface area contributed by atoms with Crippen LogP contribution in [0.5, 0.6) is 0 Å². The van der Waals surface area contributed by atoms with Crippen LogP contribution in [-0.2, 0) is 7.05 Å². The van der Waals surface area contributed by atoms with Crippen LogP contribution in [0.25, 0.3) is 17.0 Å². The van der Waals surface area contributed by atoms with Gasteiger partial charge in [-0.1, -0.05) is 0 Å². The molecular formula is C17H13N7O2. The molecular weight excluding hydrogens is 334 g/mol. The summed E-state index contributed by atoms with van der Waals surface area (Å²) in [6.07, 6.45) is 6.96. The Morgan fingerprint density at radius 3 is 2.88 bits per heavy atom. The number of aldehydes is 1. The molecule has 1 N–H and O–H groups in total. The summed E-state index contributed by atoms with van der Waals surface area (Å²) >= 11 is 0. The third-order valence-corrected chi connectivity index (χ3v) is 3.82. The number of rotatable bonds is 4. The van der Waals surface area contributed by atoms with Gasteiger partial charge < -0.3 is 5.32 Å². The SMILES string of the molecule is Cn1ncc(C=O)c1C(=O)Nc1ccc2nc(-c3cccnc3)nn2c1. The summed E-state index contributed by atoms with van der Waals surface area (Å²) in [5, 5.41) is 11.1. The third-order valence-electron chi connectivity index (χ3n) is 3.82. The van der Waals surface area contributed by atoms with Crippen LogP contribution in [0.4, 0.5) is 5.69 Å². The number of hydrogen-bond acceptors (Lipinski definition) is 6. The Labute approximate surface area is 147 Å². The van der Waals surface area contributed by atoms with Crippen molar-refractivity contribution in [3.8, 4) is 11.4 Å². The molecule has 0 spiro atoms. The van der Waals surface area contributed by atoms with Crippen LogP contribution in [0.2, 0.25) is 0 Å². The zero-order valence-corrected chi connectivity index (χ0v) is 13.7. The molecule has 0 aliphatic heterocycles. The van der Waals surface area contributed by atoms with Gasteiger partial charge in [-0.15, -0.1) is 5.10 Å². The van der Waals surface area contributed by atoms with Gasteiger partial charge in [-0.3, -0.25) is 19.3 Å². The minimum absolute atomic E-state index is 0.190. The largest absolute Gasteiger partial charge is 0.319 e. The number of aryl methyl sites for hydroxylation is 1. The quantitative estimate of drug-likeness (QED) is 0.562. The molecule has 4 aromatic rings. The Kier molecular flexibility index (Phi) is 3.73. The molecule has 0 saturated carbocycles. The molecule has 4 rings (SSSR count). The van der Waals surface area contributed by atoms with E-state index in [-0.39, 0.29) is 11.3 Å². The van der Waals surface area contributed by atoms with Gasteiger partial charge >= 0.3 is 0 Å². The van der Waals surface area contributed by atoms with E-state index in [1.165, 1.54) is 10.9 Å². The summed E-state index contributed by atoms with van der Waals surface area (Å²) < 4.78 is 2.93. The highest BCUT2D eigenvalue weighted by Gasteiger charge is 2.17. The van der Waals surface area contributed by atoms with Crippen LogP contribution in [-0.4, -0.2) is 41.6 Å². The molecule has 0 aliphatic rings. The van der Waals surface area contributed by atoms with Gasteiger partial charge in [-0.25, -0.2) is 9.50 Å². The van der Waals surface area contributed by atoms with Gasteiger partial charge in [0, 0.05) is 25.0 Å². The third kappa shape index (κ3) is 2.71. The number of anilines is 1. The maximum Gasteiger partial charge on any atom is 0.274 e. The lowest BCUT2D eigenvalue weighted by Crippen LogP contribution is -2.18. The molecule has 0 atom stereocenters. The summed E-state index contributed by atoms with van der Waals surface area (Å²) in [5.74, 6) is 0.107. The lowest BCUT2D eigenvalue weighted by atomic mass is 10.2. The van der Waals surface area contributed by atoms with E-state index in [1.54, 1.807) is 42.3 Å². The zero-order valence-electron chi connectivity index (χ0n) is 13.7. The monoisotopic (exact) mass is 347 g/mol. The zero-order chi connectivity index (χ0) is 18.1. The minimum Gasteiger partial charge on any atom is -0.319 e. The van der Waals surface area contributed by atoms with Crippen molar-refractivity contribution in [3.63, 3.8) is 0 Å². The second-order valence-electron chi connectivity index (χ2n) is 5.54. The first-order chi connectivity index (χ1) is 12.7. The molecule has 128 valence electrons. The van der Waals surface area contributed by atoms with Gasteiger partial charge in [0.25, 0.3) is 5.91 Å². The Bertz CT molecular complexity index is 1110. The number of carbonyl (C=O) groups is 2. The highest BCUT2D eigenvalue weighted by molar-refractivity contribution is 6.07. The molecule has 0 saturated heterocycles. The van der Waals surface area contributed by atoms with Crippen LogP contribution in [0.3, 0.4) is 0 Å². The first-order valence-electron chi connectivity index (χ1n) is 7.71. The van der Waals surface area contributed by atoms with Crippen molar-refractivity contribution in [2.75, 3.05) is 5.32 Å². The van der Waals surface area contributed by atoms with Crippen molar-refractivity contribution < 1.29 is 9.59 Å². The Hall–Kier alpha value is -3.88. The van der Waals surface area contributed by atoms with Gasteiger partial charge in [0.05, 0.1) is 23.6 Å². The number of carbonyl (C=O) groups excluding carboxylic acids is 2. The predicted octanol–water partition coefficient (Wildman–Crippen LogP) is 1.59. The fourth-order valence-corrected chi connectivity index (χ4v) is 2.58. The molecule has 9 heteroatoms. The van der Waals surface area contributed by atoms with Crippen LogP contribution in [0.1, 0.15) is 20.8 Å². The molecule has 26 heavy (non-hydrogen) atoms. The van der Waals surface area contributed by atoms with Gasteiger partial charge in [-0.2, -0.15) is 5.10 Å². The second kappa shape index (κ2) is 6.20. The molecule has 0 aliphatic carbocycles. The van der Waals surface area contributed by atoms with E-state index in [1.807, 2.05) is 12.1 Å². The highest BCUT2D eigenvalue weighted by Crippen LogP contribution is 2.17. The molecule has 0 bridgehead atoms. The molecule has 4 aromatic heterocycles. The van der Waals surface area contributed by atoms with Gasteiger partial charge in [0.2, 0.25) is 0 Å². The number of amides is 1. The summed E-state index contributed by atoms with van der Waals surface area (Å²) in [4.78, 5) is 32.0. The fraction of sp³-hybridized carbons (Fsp3) is 0.0588. The normalized spacial score (nSPS) is 10.8. The maximum atomic E-state index is 12.5. The molecule has 0 unspecified atom stereocenters. The van der Waals surface area contributed by atoms with Gasteiger partial charge in [0.1, 0.15) is 5.69 Å². The molecule has 1 amide bonds. The average Bonchev–Trinajstić information content (AvgIpc) is 3.25. The number of aromatic nitrogens is 6. The van der Waals surface area contributed by atoms with E-state index >= 15 is 0 Å². The first kappa shape index (κ1) is 15.6. The summed E-state index contributed by atoms with van der Waals surface area (Å²) in [7, 11) is 1.60. The number of nitrogens with zero attached hydrogens (tertiary/aromatic N) is 6. The van der Waals surface area contributed by atoms with Crippen molar-refractivity contribution in [1.82, 2.24) is 29.4 Å². The summed E-state index contributed by atoms with van der Waals surface area (Å²) in [6.45, 7) is 0. The lowest BCUT2D eigenvalue weighted by molar-refractivity contribution is 0.101. The van der Waals surface area contributed by atoms with Crippen molar-refractivity contribution in [2.24, 2.45) is 7.05 Å². The van der Waals surface area contributed by atoms with Crippen LogP contribution in [0, 0.1) is 0 Å². The van der Waals surface area contributed by atoms with Crippen molar-refractivity contribution in [2.45, 2.75) is 0 Å². The molecule has 0 radical (unpaired) electrons. The van der Waals surface area contributed by atoms with Crippen molar-refractivity contribution in [3.05, 3.63) is 60.3 Å². The topological polar surface area (TPSA) is 107 Å². The average molecular weight is 347 g/mol. The van der Waals surface area contributed by atoms with E-state index in [2.05, 4.69) is 25.5 Å². The number of nitrogens with one attached hydrogen (secondary N) is 1. The molecule has 0 fully saturated rings. The number of pyridine rings is 2. The van der Waals surface area contributed by atoms with E-state index in [0.717, 1.165) is 5.56 Å². The van der Waals surface area contributed by atoms with Crippen molar-refractivity contribution >= 4 is 23.5 Å². The smallest absolute Gasteiger partial charge is 0.274 e. The standard InChI is InChI=1S/C17H13N7O2/c1-23-15(12(10-25)8-19-23)17(26)20-13-4-5-14-21-16(22-24(14)9-13)11-3-2-6-18-7-11/h2-10H,1H3,(H,20,26). The van der Waals surface area contributed by atoms with Crippen LogP contribution < -0.4 is 5.32 Å². The Balaban J connectivity index is 1.64. The van der Waals surface area contributed by atoms with Crippen molar-refractivity contribution in [1.29, 1.82) is 0 Å². The second-order valence-corrected chi connectivity index (χ2v) is 5.54. The predicted molar refractivity (Wildman–Crippen MR) is 92.8 cm³/mol. The van der Waals surface area contributed by atoms with E-state index in [0.29, 0.717) is 23.4 Å². The van der Waals surface area contributed by atoms with Gasteiger partial charge in [-0.05, 0) is 24.3 Å². The lowest BCUT2D eigenvalue weighted by Gasteiger charge is -2.06. The Morgan fingerprint density at radius 2 is 2.12 bits per heavy atom. The van der Waals surface area contributed by atoms with E-state index < -0.39 is 5.91 Å². The van der Waals surface area contributed by atoms with Crippen LogP contribution >= 0.6 is 0 Å². The van der Waals surface area contributed by atoms with Gasteiger partial charge in [0.15, 0.2) is 17.8 Å². The Morgan fingerprint density at radius 1 is 1.23 bits per heavy atom. The fourth-order valence-electron chi connectivity index (χ4n) is 2.58. The van der Waals surface area contributed by atoms with E-state index in [9.17, 15) is 9.59 Å². The first-order valence-corrected chi connectivity index (χ1v) is 7.71. The van der Waals surface area contributed by atoms with E-state index in [4.69, 9.17) is 0 Å². The molecule has 4 heterocycles. The summed E-state index contributed by atoms with van der Waals surface area (Å²) in [6, 6.07) is 7.14. The highest BCUT2D eigenvalue weighted by atomic mass is 16.2.